The van der Waals surface area contributed by atoms with Gasteiger partial charge in [-0.05, 0) is 23.0 Å². The molecule has 1 aromatic carbocycles. The Balaban J connectivity index is 2.92. The molecule has 0 nitrogen and oxygen atoms in total. The molecule has 0 fully saturated rings. The van der Waals surface area contributed by atoms with Crippen LogP contribution in [-0.2, 0) is 11.2 Å². The van der Waals surface area contributed by atoms with Crippen molar-refractivity contribution in [3.8, 4) is 0 Å². The summed E-state index contributed by atoms with van der Waals surface area (Å²) in [5, 5.41) is 0. The van der Waals surface area contributed by atoms with Gasteiger partial charge in [0.25, 0.3) is 0 Å². The molecule has 0 heterocycles. The molecule has 0 aliphatic heterocycles. The van der Waals surface area contributed by atoms with E-state index in [0.717, 1.165) is 5.75 Å². The van der Waals surface area contributed by atoms with Crippen LogP contribution in [0.1, 0.15) is 38.3 Å². The minimum Gasteiger partial charge on any atom is -0.175 e. The Hall–Kier alpha value is -0.430. The first-order valence-corrected chi connectivity index (χ1v) is 5.43. The van der Waals surface area contributed by atoms with Crippen molar-refractivity contribution in [3.63, 3.8) is 0 Å². The summed E-state index contributed by atoms with van der Waals surface area (Å²) in [6.07, 6.45) is 1.17. The van der Waals surface area contributed by atoms with E-state index in [2.05, 4.69) is 57.7 Å². The zero-order valence-corrected chi connectivity index (χ0v) is 9.57. The van der Waals surface area contributed by atoms with Crippen LogP contribution in [0.5, 0.6) is 0 Å². The van der Waals surface area contributed by atoms with Crippen molar-refractivity contribution in [1.29, 1.82) is 0 Å². The van der Waals surface area contributed by atoms with Gasteiger partial charge in [-0.2, -0.15) is 12.6 Å². The predicted octanol–water partition coefficient (Wildman–Crippen LogP) is 3.80. The number of hydrogen-bond donors (Lipinski definition) is 1. The van der Waals surface area contributed by atoms with E-state index in [1.807, 2.05) is 0 Å². The highest BCUT2D eigenvalue weighted by molar-refractivity contribution is 7.79. The van der Waals surface area contributed by atoms with Crippen LogP contribution in [0, 0.1) is 0 Å². The van der Waals surface area contributed by atoms with E-state index < -0.39 is 0 Å². The second-order valence-electron chi connectivity index (χ2n) is 4.09. The van der Waals surface area contributed by atoms with Crippen molar-refractivity contribution in [2.75, 3.05) is 0 Å². The molecular formula is C12H18S. The van der Waals surface area contributed by atoms with Crippen LogP contribution in [0.4, 0.5) is 0 Å². The summed E-state index contributed by atoms with van der Waals surface area (Å²) in [6.45, 7) is 6.79. The zero-order valence-electron chi connectivity index (χ0n) is 8.67. The number of thiol groups is 1. The smallest absolute Gasteiger partial charge is 0.0154 e. The van der Waals surface area contributed by atoms with Crippen molar-refractivity contribution >= 4 is 12.6 Å². The molecule has 1 heteroatoms. The Kier molecular flexibility index (Phi) is 3.43. The number of rotatable bonds is 3. The van der Waals surface area contributed by atoms with Gasteiger partial charge in [0.2, 0.25) is 0 Å². The van der Waals surface area contributed by atoms with Gasteiger partial charge in [-0.3, -0.25) is 0 Å². The highest BCUT2D eigenvalue weighted by Gasteiger charge is 2.16. The van der Waals surface area contributed by atoms with Crippen LogP contribution in [0.2, 0.25) is 0 Å². The topological polar surface area (TPSA) is 0 Å². The maximum atomic E-state index is 4.24. The van der Waals surface area contributed by atoms with Gasteiger partial charge >= 0.3 is 0 Å². The fourth-order valence-electron chi connectivity index (χ4n) is 1.27. The number of benzene rings is 1. The minimum absolute atomic E-state index is 0.301. The summed E-state index contributed by atoms with van der Waals surface area (Å²) in [4.78, 5) is 0. The molecule has 72 valence electrons. The lowest BCUT2D eigenvalue weighted by Crippen LogP contribution is -2.15. The van der Waals surface area contributed by atoms with E-state index in [1.165, 1.54) is 17.5 Å². The molecule has 0 atom stereocenters. The van der Waals surface area contributed by atoms with Gasteiger partial charge in [-0.25, -0.2) is 0 Å². The van der Waals surface area contributed by atoms with Crippen molar-refractivity contribution < 1.29 is 0 Å². The molecule has 0 bridgehead atoms. The Labute approximate surface area is 86.8 Å². The molecule has 0 radical (unpaired) electrons. The van der Waals surface area contributed by atoms with Gasteiger partial charge in [0.05, 0.1) is 0 Å². The van der Waals surface area contributed by atoms with Crippen LogP contribution >= 0.6 is 12.6 Å². The summed E-state index contributed by atoms with van der Waals surface area (Å²) in [5.74, 6) is 0.826. The first kappa shape index (κ1) is 10.6. The van der Waals surface area contributed by atoms with Gasteiger partial charge in [0.1, 0.15) is 0 Å². The number of hydrogen-bond acceptors (Lipinski definition) is 1. The highest BCUT2D eigenvalue weighted by atomic mass is 32.1. The molecule has 1 rings (SSSR count). The van der Waals surface area contributed by atoms with E-state index >= 15 is 0 Å². The van der Waals surface area contributed by atoms with Gasteiger partial charge in [0.15, 0.2) is 0 Å². The molecule has 0 amide bonds. The van der Waals surface area contributed by atoms with Gasteiger partial charge in [-0.1, -0.05) is 45.0 Å². The lowest BCUT2D eigenvalue weighted by molar-refractivity contribution is 0.506. The van der Waals surface area contributed by atoms with Crippen molar-refractivity contribution in [3.05, 3.63) is 35.4 Å². The SMILES string of the molecule is CCC(C)(C)c1ccc(CS)cc1. The first-order chi connectivity index (χ1) is 6.10. The molecule has 13 heavy (non-hydrogen) atoms. The summed E-state index contributed by atoms with van der Waals surface area (Å²) in [7, 11) is 0. The summed E-state index contributed by atoms with van der Waals surface area (Å²) >= 11 is 4.24. The Morgan fingerprint density at radius 1 is 1.15 bits per heavy atom. The van der Waals surface area contributed by atoms with Gasteiger partial charge < -0.3 is 0 Å². The predicted molar refractivity (Wildman–Crippen MR) is 62.4 cm³/mol. The summed E-state index contributed by atoms with van der Waals surface area (Å²) in [6, 6.07) is 8.77. The normalized spacial score (nSPS) is 11.7. The lowest BCUT2D eigenvalue weighted by Gasteiger charge is -2.23. The minimum atomic E-state index is 0.301. The maximum absolute atomic E-state index is 4.24. The summed E-state index contributed by atoms with van der Waals surface area (Å²) in [5.41, 5.74) is 3.01. The quantitative estimate of drug-likeness (QED) is 0.695. The maximum Gasteiger partial charge on any atom is 0.0154 e. The Morgan fingerprint density at radius 3 is 2.08 bits per heavy atom. The van der Waals surface area contributed by atoms with Crippen LogP contribution in [0.3, 0.4) is 0 Å². The van der Waals surface area contributed by atoms with Gasteiger partial charge in [-0.15, -0.1) is 0 Å². The summed E-state index contributed by atoms with van der Waals surface area (Å²) < 4.78 is 0. The molecule has 0 spiro atoms. The Bertz CT molecular complexity index is 259. The average molecular weight is 194 g/mol. The molecular weight excluding hydrogens is 176 g/mol. The van der Waals surface area contributed by atoms with E-state index in [4.69, 9.17) is 0 Å². The fraction of sp³-hybridized carbons (Fsp3) is 0.500. The lowest BCUT2D eigenvalue weighted by atomic mass is 9.82. The van der Waals surface area contributed by atoms with Crippen LogP contribution in [0.15, 0.2) is 24.3 Å². The van der Waals surface area contributed by atoms with E-state index in [1.54, 1.807) is 0 Å². The van der Waals surface area contributed by atoms with Crippen LogP contribution in [0.25, 0.3) is 0 Å². The third-order valence-corrected chi connectivity index (χ3v) is 3.17. The van der Waals surface area contributed by atoms with Crippen LogP contribution in [-0.4, -0.2) is 0 Å². The monoisotopic (exact) mass is 194 g/mol. The van der Waals surface area contributed by atoms with E-state index in [9.17, 15) is 0 Å². The first-order valence-electron chi connectivity index (χ1n) is 4.80. The third-order valence-electron chi connectivity index (χ3n) is 2.80. The molecule has 0 aromatic heterocycles. The molecule has 0 N–H and O–H groups in total. The molecule has 1 aromatic rings. The van der Waals surface area contributed by atoms with Crippen molar-refractivity contribution in [2.24, 2.45) is 0 Å². The molecule has 0 aliphatic carbocycles. The largest absolute Gasteiger partial charge is 0.175 e. The van der Waals surface area contributed by atoms with Crippen molar-refractivity contribution in [1.82, 2.24) is 0 Å². The zero-order chi connectivity index (χ0) is 9.90. The molecule has 0 saturated carbocycles. The van der Waals surface area contributed by atoms with Crippen molar-refractivity contribution in [2.45, 2.75) is 38.4 Å². The average Bonchev–Trinajstić information content (AvgIpc) is 2.18. The third kappa shape index (κ3) is 2.50. The van der Waals surface area contributed by atoms with Gasteiger partial charge in [0, 0.05) is 5.75 Å². The second kappa shape index (κ2) is 4.19. The van der Waals surface area contributed by atoms with Crippen LogP contribution < -0.4 is 0 Å². The van der Waals surface area contributed by atoms with E-state index in [-0.39, 0.29) is 0 Å². The second-order valence-corrected chi connectivity index (χ2v) is 4.41. The fourth-order valence-corrected chi connectivity index (χ4v) is 1.48. The molecule has 0 unspecified atom stereocenters. The Morgan fingerprint density at radius 2 is 1.69 bits per heavy atom. The molecule has 0 aliphatic rings. The highest BCUT2D eigenvalue weighted by Crippen LogP contribution is 2.26. The standard InChI is InChI=1S/C12H18S/c1-4-12(2,3)11-7-5-10(9-13)6-8-11/h5-8,13H,4,9H2,1-3H3. The van der Waals surface area contributed by atoms with E-state index in [0.29, 0.717) is 5.41 Å². The molecule has 0 saturated heterocycles.